The summed E-state index contributed by atoms with van der Waals surface area (Å²) in [5, 5.41) is -0.485. The molecule has 1 amide bonds. The van der Waals surface area contributed by atoms with Gasteiger partial charge < -0.3 is 10.5 Å². The third kappa shape index (κ3) is 2.72. The maximum atomic E-state index is 12.6. The van der Waals surface area contributed by atoms with Crippen LogP contribution < -0.4 is 15.2 Å². The molecule has 126 valence electrons. The monoisotopic (exact) mass is 338 g/mol. The highest BCUT2D eigenvalue weighted by atomic mass is 32.2. The second-order valence-electron chi connectivity index (χ2n) is 6.34. The highest BCUT2D eigenvalue weighted by molar-refractivity contribution is 7.90. The number of hydrogen-bond donors (Lipinski definition) is 2. The lowest BCUT2D eigenvalue weighted by atomic mass is 9.92. The van der Waals surface area contributed by atoms with Crippen molar-refractivity contribution in [2.75, 3.05) is 7.11 Å². The van der Waals surface area contributed by atoms with Gasteiger partial charge in [-0.1, -0.05) is 25.0 Å². The molecule has 0 radical (unpaired) electrons. The zero-order valence-corrected chi connectivity index (χ0v) is 14.0. The first-order chi connectivity index (χ1) is 10.9. The molecular weight excluding hydrogens is 316 g/mol. The fourth-order valence-corrected chi connectivity index (χ4v) is 5.19. The van der Waals surface area contributed by atoms with E-state index >= 15 is 0 Å². The molecule has 3 rings (SSSR count). The molecule has 1 atom stereocenters. The molecule has 7 heteroatoms. The first kappa shape index (κ1) is 16.3. The summed E-state index contributed by atoms with van der Waals surface area (Å²) in [5.41, 5.74) is 6.52. The third-order valence-corrected chi connectivity index (χ3v) is 6.80. The van der Waals surface area contributed by atoms with Gasteiger partial charge in [0.2, 0.25) is 10.0 Å². The molecule has 0 spiro atoms. The standard InChI is InChI=1S/C16H22N2O4S/c1-22-14-8-4-7-13-12(14)9-10-16(13,17)15(19)18-23(20,21)11-5-2-3-6-11/h4,7-8,11H,2-3,5-6,9-10,17H2,1H3,(H,18,19). The molecule has 23 heavy (non-hydrogen) atoms. The number of hydrogen-bond acceptors (Lipinski definition) is 5. The molecule has 1 saturated carbocycles. The summed E-state index contributed by atoms with van der Waals surface area (Å²) in [6.07, 6.45) is 3.93. The number of carbonyl (C=O) groups excluding carboxylic acids is 1. The van der Waals surface area contributed by atoms with Crippen molar-refractivity contribution >= 4 is 15.9 Å². The van der Waals surface area contributed by atoms with Crippen LogP contribution in [-0.2, 0) is 26.8 Å². The maximum Gasteiger partial charge on any atom is 0.258 e. The Kier molecular flexibility index (Phi) is 4.10. The van der Waals surface area contributed by atoms with Crippen molar-refractivity contribution in [3.63, 3.8) is 0 Å². The van der Waals surface area contributed by atoms with Crippen LogP contribution in [-0.4, -0.2) is 26.7 Å². The van der Waals surface area contributed by atoms with Crippen LogP contribution in [0.25, 0.3) is 0 Å². The Morgan fingerprint density at radius 1 is 1.35 bits per heavy atom. The van der Waals surface area contributed by atoms with E-state index in [0.717, 1.165) is 18.4 Å². The van der Waals surface area contributed by atoms with Crippen molar-refractivity contribution in [1.82, 2.24) is 4.72 Å². The molecule has 1 aromatic carbocycles. The number of sulfonamides is 1. The number of amides is 1. The Morgan fingerprint density at radius 2 is 2.04 bits per heavy atom. The molecule has 0 heterocycles. The minimum absolute atomic E-state index is 0.370. The molecule has 1 fully saturated rings. The molecule has 0 aliphatic heterocycles. The highest BCUT2D eigenvalue weighted by Gasteiger charge is 2.45. The molecule has 3 N–H and O–H groups in total. The minimum atomic E-state index is -3.66. The van der Waals surface area contributed by atoms with Crippen LogP contribution in [0.1, 0.15) is 43.2 Å². The summed E-state index contributed by atoms with van der Waals surface area (Å²) in [4.78, 5) is 12.6. The summed E-state index contributed by atoms with van der Waals surface area (Å²) >= 11 is 0. The van der Waals surface area contributed by atoms with Crippen molar-refractivity contribution in [3.05, 3.63) is 29.3 Å². The number of nitrogens with one attached hydrogen (secondary N) is 1. The van der Waals surface area contributed by atoms with E-state index in [-0.39, 0.29) is 0 Å². The lowest BCUT2D eigenvalue weighted by Crippen LogP contribution is -2.52. The van der Waals surface area contributed by atoms with Crippen LogP contribution in [0.5, 0.6) is 5.75 Å². The zero-order valence-electron chi connectivity index (χ0n) is 13.2. The van der Waals surface area contributed by atoms with Crippen molar-refractivity contribution in [1.29, 1.82) is 0 Å². The van der Waals surface area contributed by atoms with Gasteiger partial charge in [-0.3, -0.25) is 9.52 Å². The van der Waals surface area contributed by atoms with E-state index in [1.54, 1.807) is 19.2 Å². The first-order valence-corrected chi connectivity index (χ1v) is 9.44. The van der Waals surface area contributed by atoms with Gasteiger partial charge >= 0.3 is 0 Å². The molecule has 1 unspecified atom stereocenters. The summed E-state index contributed by atoms with van der Waals surface area (Å²) < 4.78 is 32.3. The van der Waals surface area contributed by atoms with Gasteiger partial charge in [0.1, 0.15) is 11.3 Å². The fourth-order valence-electron chi connectivity index (χ4n) is 3.63. The maximum absolute atomic E-state index is 12.6. The predicted octanol–water partition coefficient (Wildman–Crippen LogP) is 1.18. The van der Waals surface area contributed by atoms with E-state index in [1.807, 2.05) is 6.07 Å². The molecular formula is C16H22N2O4S. The van der Waals surface area contributed by atoms with Crippen LogP contribution in [0.4, 0.5) is 0 Å². The van der Waals surface area contributed by atoms with Crippen LogP contribution in [0.15, 0.2) is 18.2 Å². The summed E-state index contributed by atoms with van der Waals surface area (Å²) in [6, 6.07) is 5.35. The number of benzene rings is 1. The van der Waals surface area contributed by atoms with Gasteiger partial charge in [-0.25, -0.2) is 8.42 Å². The van der Waals surface area contributed by atoms with Gasteiger partial charge in [-0.05, 0) is 42.9 Å². The Balaban J connectivity index is 1.87. The van der Waals surface area contributed by atoms with Crippen molar-refractivity contribution in [3.8, 4) is 5.75 Å². The van der Waals surface area contributed by atoms with E-state index in [0.29, 0.717) is 37.0 Å². The summed E-state index contributed by atoms with van der Waals surface area (Å²) in [6.45, 7) is 0. The molecule has 0 aromatic heterocycles. The van der Waals surface area contributed by atoms with Gasteiger partial charge in [-0.2, -0.15) is 0 Å². The SMILES string of the molecule is COc1cccc2c1CCC2(N)C(=O)NS(=O)(=O)C1CCCC1. The van der Waals surface area contributed by atoms with Crippen LogP contribution in [0.2, 0.25) is 0 Å². The van der Waals surface area contributed by atoms with Crippen LogP contribution >= 0.6 is 0 Å². The second-order valence-corrected chi connectivity index (χ2v) is 8.30. The minimum Gasteiger partial charge on any atom is -0.496 e. The van der Waals surface area contributed by atoms with Gasteiger partial charge in [-0.15, -0.1) is 0 Å². The molecule has 0 bridgehead atoms. The Morgan fingerprint density at radius 3 is 2.70 bits per heavy atom. The highest BCUT2D eigenvalue weighted by Crippen LogP contribution is 2.40. The largest absolute Gasteiger partial charge is 0.496 e. The third-order valence-electron chi connectivity index (χ3n) is 4.98. The van der Waals surface area contributed by atoms with Gasteiger partial charge in [0.05, 0.1) is 12.4 Å². The normalized spacial score (nSPS) is 24.4. The molecule has 2 aliphatic carbocycles. The number of ether oxygens (including phenoxy) is 1. The number of fused-ring (bicyclic) bond motifs is 1. The van der Waals surface area contributed by atoms with Crippen molar-refractivity contribution < 1.29 is 17.9 Å². The number of rotatable bonds is 4. The summed E-state index contributed by atoms with van der Waals surface area (Å²) in [7, 11) is -2.10. The summed E-state index contributed by atoms with van der Waals surface area (Å²) in [5.74, 6) is 0.0395. The van der Waals surface area contributed by atoms with Crippen molar-refractivity contribution in [2.45, 2.75) is 49.3 Å². The van der Waals surface area contributed by atoms with Gasteiger partial charge in [0.15, 0.2) is 0 Å². The van der Waals surface area contributed by atoms with E-state index in [2.05, 4.69) is 4.72 Å². The molecule has 2 aliphatic rings. The molecule has 6 nitrogen and oxygen atoms in total. The first-order valence-electron chi connectivity index (χ1n) is 7.90. The average molecular weight is 338 g/mol. The number of carbonyl (C=O) groups is 1. The van der Waals surface area contributed by atoms with Crippen LogP contribution in [0.3, 0.4) is 0 Å². The van der Waals surface area contributed by atoms with Crippen molar-refractivity contribution in [2.24, 2.45) is 5.73 Å². The Bertz CT molecular complexity index is 726. The van der Waals surface area contributed by atoms with Gasteiger partial charge in [0, 0.05) is 0 Å². The number of nitrogens with two attached hydrogens (primary N) is 1. The van der Waals surface area contributed by atoms with E-state index in [9.17, 15) is 13.2 Å². The Labute approximate surface area is 136 Å². The predicted molar refractivity (Wildman–Crippen MR) is 86.5 cm³/mol. The Hall–Kier alpha value is -1.60. The van der Waals surface area contributed by atoms with E-state index < -0.39 is 26.7 Å². The topological polar surface area (TPSA) is 98.5 Å². The lowest BCUT2D eigenvalue weighted by molar-refractivity contribution is -0.124. The average Bonchev–Trinajstić information content (AvgIpc) is 3.16. The smallest absolute Gasteiger partial charge is 0.258 e. The van der Waals surface area contributed by atoms with E-state index in [4.69, 9.17) is 10.5 Å². The van der Waals surface area contributed by atoms with Gasteiger partial charge in [0.25, 0.3) is 5.91 Å². The number of methoxy groups -OCH3 is 1. The zero-order chi connectivity index (χ0) is 16.7. The lowest BCUT2D eigenvalue weighted by Gasteiger charge is -2.25. The second kappa shape index (κ2) is 5.79. The quantitative estimate of drug-likeness (QED) is 0.859. The molecule has 1 aromatic rings. The fraction of sp³-hybridized carbons (Fsp3) is 0.562. The van der Waals surface area contributed by atoms with Crippen LogP contribution in [0, 0.1) is 0 Å². The van der Waals surface area contributed by atoms with E-state index in [1.165, 1.54) is 0 Å². The molecule has 0 saturated heterocycles.